The molecule has 0 fully saturated rings. The van der Waals surface area contributed by atoms with Crippen molar-refractivity contribution in [3.05, 3.63) is 83.4 Å². The molecule has 2 aromatic carbocycles. The highest BCUT2D eigenvalue weighted by Crippen LogP contribution is 2.36. The van der Waals surface area contributed by atoms with Gasteiger partial charge in [0.05, 0.1) is 18.6 Å². The Morgan fingerprint density at radius 1 is 1.12 bits per heavy atom. The van der Waals surface area contributed by atoms with E-state index in [0.29, 0.717) is 29.3 Å². The van der Waals surface area contributed by atoms with Crippen LogP contribution in [0, 0.1) is 6.92 Å². The lowest BCUT2D eigenvalue weighted by Gasteiger charge is -2.34. The average Bonchev–Trinajstić information content (AvgIpc) is 3.12. The first-order chi connectivity index (χ1) is 16.0. The molecule has 1 aliphatic heterocycles. The van der Waals surface area contributed by atoms with E-state index in [0.717, 1.165) is 22.5 Å². The molecule has 0 spiro atoms. The molecule has 1 atom stereocenters. The molecule has 0 radical (unpaired) electrons. The van der Waals surface area contributed by atoms with Crippen LogP contribution in [0.3, 0.4) is 0 Å². The minimum Gasteiger partial charge on any atom is -0.361 e. The smallest absolute Gasteiger partial charge is 0.361 e. The Balaban J connectivity index is 1.77. The van der Waals surface area contributed by atoms with Gasteiger partial charge in [-0.05, 0) is 37.0 Å². The van der Waals surface area contributed by atoms with E-state index in [1.807, 2.05) is 72.1 Å². The lowest BCUT2D eigenvalue weighted by molar-refractivity contribution is -0.0492. The summed E-state index contributed by atoms with van der Waals surface area (Å²) in [6, 6.07) is 14.7. The first-order valence-corrected chi connectivity index (χ1v) is 12.4. The molecule has 6 nitrogen and oxygen atoms in total. The minimum atomic E-state index is -5.50. The van der Waals surface area contributed by atoms with Gasteiger partial charge >= 0.3 is 15.5 Å². The first kappa shape index (κ1) is 24.3. The second-order valence-electron chi connectivity index (χ2n) is 8.71. The fourth-order valence-electron chi connectivity index (χ4n) is 4.40. The van der Waals surface area contributed by atoms with Gasteiger partial charge in [0.25, 0.3) is 0 Å². The Kier molecular flexibility index (Phi) is 6.73. The van der Waals surface area contributed by atoms with Gasteiger partial charge in [-0.3, -0.25) is 0 Å². The Morgan fingerprint density at radius 3 is 2.50 bits per heavy atom. The largest absolute Gasteiger partial charge is 0.511 e. The van der Waals surface area contributed by atoms with Crippen LogP contribution in [0.1, 0.15) is 28.8 Å². The highest BCUT2D eigenvalue weighted by Gasteiger charge is 2.51. The van der Waals surface area contributed by atoms with E-state index < -0.39 is 21.6 Å². The molecule has 0 aliphatic carbocycles. The highest BCUT2D eigenvalue weighted by atomic mass is 32.2. The number of aryl methyl sites for hydroxylation is 3. The Labute approximate surface area is 197 Å². The van der Waals surface area contributed by atoms with Crippen LogP contribution in [-0.2, 0) is 36.6 Å². The molecule has 2 heterocycles. The van der Waals surface area contributed by atoms with Gasteiger partial charge in [0.2, 0.25) is 0 Å². The van der Waals surface area contributed by atoms with E-state index in [2.05, 4.69) is 4.98 Å². The van der Waals surface area contributed by atoms with E-state index in [-0.39, 0.29) is 13.1 Å². The van der Waals surface area contributed by atoms with Crippen molar-refractivity contribution in [3.63, 3.8) is 0 Å². The second-order valence-corrected chi connectivity index (χ2v) is 10.6. The van der Waals surface area contributed by atoms with Crippen LogP contribution in [0.5, 0.6) is 0 Å². The fraction of sp³-hybridized carbons (Fsp3) is 0.375. The number of benzene rings is 2. The molecule has 0 N–H and O–H groups in total. The molecule has 10 heteroatoms. The van der Waals surface area contributed by atoms with Crippen LogP contribution in [0.15, 0.2) is 61.1 Å². The molecule has 1 aromatic heterocycles. The molecular formula is C24H27F3N4O2S. The highest BCUT2D eigenvalue weighted by molar-refractivity contribution is 7.89. The zero-order chi connectivity index (χ0) is 24.5. The third-order valence-electron chi connectivity index (χ3n) is 6.08. The number of alkyl halides is 3. The van der Waals surface area contributed by atoms with Gasteiger partial charge in [-0.25, -0.2) is 13.4 Å². The third kappa shape index (κ3) is 5.12. The number of hydrogen-bond donors (Lipinski definition) is 0. The van der Waals surface area contributed by atoms with Gasteiger partial charge in [0, 0.05) is 38.1 Å². The van der Waals surface area contributed by atoms with Crippen molar-refractivity contribution in [2.45, 2.75) is 44.4 Å². The summed E-state index contributed by atoms with van der Waals surface area (Å²) in [5.74, 6) is 0. The van der Waals surface area contributed by atoms with E-state index in [9.17, 15) is 21.6 Å². The van der Waals surface area contributed by atoms with Gasteiger partial charge in [-0.2, -0.15) is 17.5 Å². The zero-order valence-corrected chi connectivity index (χ0v) is 19.9. The van der Waals surface area contributed by atoms with Gasteiger partial charge in [0.1, 0.15) is 0 Å². The maximum Gasteiger partial charge on any atom is 0.511 e. The first-order valence-electron chi connectivity index (χ1n) is 11.0. The minimum absolute atomic E-state index is 0.269. The molecule has 3 aromatic rings. The molecule has 34 heavy (non-hydrogen) atoms. The summed E-state index contributed by atoms with van der Waals surface area (Å²) in [6.07, 6.45) is 4.61. The Morgan fingerprint density at radius 2 is 1.85 bits per heavy atom. The number of hydrogen-bond acceptors (Lipinski definition) is 4. The number of rotatable bonds is 6. The molecule has 0 bridgehead atoms. The average molecular weight is 493 g/mol. The summed E-state index contributed by atoms with van der Waals surface area (Å²) in [7, 11) is -3.65. The molecule has 0 saturated heterocycles. The lowest BCUT2D eigenvalue weighted by atomic mass is 10.0. The van der Waals surface area contributed by atoms with Crippen molar-refractivity contribution >= 4 is 15.7 Å². The normalized spacial score (nSPS) is 17.4. The van der Waals surface area contributed by atoms with Crippen LogP contribution >= 0.6 is 0 Å². The maximum absolute atomic E-state index is 13.6. The molecule has 0 amide bonds. The third-order valence-corrected chi connectivity index (χ3v) is 7.62. The van der Waals surface area contributed by atoms with Crippen molar-refractivity contribution < 1.29 is 21.6 Å². The van der Waals surface area contributed by atoms with Crippen molar-refractivity contribution in [2.24, 2.45) is 7.05 Å². The number of halogens is 3. The standard InChI is InChI=1S/C24H27F3N4O2S/c1-18-8-11-23-20(12-18)13-30(34(32,33)24(25,26)27)16-22(10-9-19-6-4-3-5-7-19)31(23)15-21-14-29(2)17-28-21/h3-8,11-12,14,17,22H,9-10,13,15-16H2,1-2H3/t22-/m0/s1. The topological polar surface area (TPSA) is 58.4 Å². The predicted molar refractivity (Wildman–Crippen MR) is 125 cm³/mol. The van der Waals surface area contributed by atoms with Crippen molar-refractivity contribution in [2.75, 3.05) is 11.4 Å². The van der Waals surface area contributed by atoms with Crippen LogP contribution in [0.25, 0.3) is 0 Å². The summed E-state index contributed by atoms with van der Waals surface area (Å²) in [5, 5.41) is 0. The summed E-state index contributed by atoms with van der Waals surface area (Å²) in [4.78, 5) is 6.41. The van der Waals surface area contributed by atoms with Crippen molar-refractivity contribution in [3.8, 4) is 0 Å². The van der Waals surface area contributed by atoms with E-state index in [4.69, 9.17) is 0 Å². The van der Waals surface area contributed by atoms with Crippen LogP contribution < -0.4 is 4.90 Å². The van der Waals surface area contributed by atoms with Crippen LogP contribution in [0.4, 0.5) is 18.9 Å². The summed E-state index contributed by atoms with van der Waals surface area (Å²) < 4.78 is 68.1. The maximum atomic E-state index is 13.6. The quantitative estimate of drug-likeness (QED) is 0.512. The summed E-state index contributed by atoms with van der Waals surface area (Å²) in [5.41, 5.74) is -1.44. The number of nitrogens with zero attached hydrogens (tertiary/aromatic N) is 4. The Bertz CT molecular complexity index is 1240. The number of fused-ring (bicyclic) bond motifs is 1. The number of anilines is 1. The number of imidazole rings is 1. The van der Waals surface area contributed by atoms with Crippen LogP contribution in [-0.4, -0.2) is 40.4 Å². The molecule has 1 aliphatic rings. The van der Waals surface area contributed by atoms with Gasteiger partial charge in [-0.1, -0.05) is 48.0 Å². The van der Waals surface area contributed by atoms with Crippen molar-refractivity contribution in [1.29, 1.82) is 0 Å². The summed E-state index contributed by atoms with van der Waals surface area (Å²) in [6.45, 7) is 1.59. The van der Waals surface area contributed by atoms with E-state index in [1.54, 1.807) is 12.4 Å². The monoisotopic (exact) mass is 492 g/mol. The van der Waals surface area contributed by atoms with Gasteiger partial charge in [0.15, 0.2) is 0 Å². The van der Waals surface area contributed by atoms with E-state index in [1.165, 1.54) is 0 Å². The predicted octanol–water partition coefficient (Wildman–Crippen LogP) is 4.40. The molecule has 0 unspecified atom stereocenters. The van der Waals surface area contributed by atoms with Gasteiger partial charge < -0.3 is 9.47 Å². The molecule has 182 valence electrons. The SMILES string of the molecule is Cc1ccc2c(c1)CN(S(=O)(=O)C(F)(F)F)C[C@H](CCc1ccccc1)N2Cc1cn(C)cn1. The summed E-state index contributed by atoms with van der Waals surface area (Å²) >= 11 is 0. The number of sulfonamides is 1. The lowest BCUT2D eigenvalue weighted by Crippen LogP contribution is -2.47. The molecule has 4 rings (SSSR count). The van der Waals surface area contributed by atoms with Crippen LogP contribution in [0.2, 0.25) is 0 Å². The second kappa shape index (κ2) is 9.42. The molecule has 0 saturated carbocycles. The molecular weight excluding hydrogens is 465 g/mol. The van der Waals surface area contributed by atoms with Crippen molar-refractivity contribution in [1.82, 2.24) is 13.9 Å². The van der Waals surface area contributed by atoms with Gasteiger partial charge in [-0.15, -0.1) is 0 Å². The zero-order valence-electron chi connectivity index (χ0n) is 19.0. The number of aromatic nitrogens is 2. The van der Waals surface area contributed by atoms with E-state index >= 15 is 0 Å². The Hall–Kier alpha value is -2.85. The fourth-order valence-corrected chi connectivity index (χ4v) is 5.37.